The van der Waals surface area contributed by atoms with Crippen LogP contribution in [0.3, 0.4) is 0 Å². The first kappa shape index (κ1) is 13.0. The van der Waals surface area contributed by atoms with E-state index < -0.39 is 5.97 Å². The normalized spacial score (nSPS) is 9.71. The third-order valence-corrected chi connectivity index (χ3v) is 2.40. The van der Waals surface area contributed by atoms with Crippen molar-refractivity contribution in [3.05, 3.63) is 42.5 Å². The van der Waals surface area contributed by atoms with Crippen LogP contribution in [0, 0.1) is 6.92 Å². The molecule has 90 valence electrons. The molecule has 0 unspecified atom stereocenters. The van der Waals surface area contributed by atoms with E-state index in [4.69, 9.17) is 5.11 Å². The fraction of sp³-hybridized carbons (Fsp3) is 0.231. The summed E-state index contributed by atoms with van der Waals surface area (Å²) in [6.45, 7) is 5.44. The minimum atomic E-state index is -0.930. The Balaban J connectivity index is 2.98. The van der Waals surface area contributed by atoms with Gasteiger partial charge in [0.25, 0.3) is 0 Å². The number of amides is 1. The molecule has 1 N–H and O–H groups in total. The fourth-order valence-corrected chi connectivity index (χ4v) is 1.53. The molecule has 0 bridgehead atoms. The molecule has 0 aliphatic rings. The van der Waals surface area contributed by atoms with Gasteiger partial charge in [-0.15, -0.1) is 0 Å². The van der Waals surface area contributed by atoms with E-state index in [2.05, 4.69) is 6.58 Å². The largest absolute Gasteiger partial charge is 0.481 e. The van der Waals surface area contributed by atoms with E-state index in [0.29, 0.717) is 0 Å². The van der Waals surface area contributed by atoms with Crippen molar-refractivity contribution in [3.63, 3.8) is 0 Å². The first-order valence-corrected chi connectivity index (χ1v) is 5.27. The van der Waals surface area contributed by atoms with E-state index in [1.54, 1.807) is 6.07 Å². The number of nitrogens with zero attached hydrogens (tertiary/aromatic N) is 1. The van der Waals surface area contributed by atoms with Crippen molar-refractivity contribution < 1.29 is 14.7 Å². The molecule has 0 saturated heterocycles. The zero-order valence-electron chi connectivity index (χ0n) is 9.72. The highest BCUT2D eigenvalue weighted by molar-refractivity contribution is 6.01. The number of anilines is 1. The van der Waals surface area contributed by atoms with Gasteiger partial charge in [-0.25, -0.2) is 0 Å². The van der Waals surface area contributed by atoms with Gasteiger partial charge in [0.05, 0.1) is 6.42 Å². The average molecular weight is 233 g/mol. The Morgan fingerprint density at radius 2 is 2.06 bits per heavy atom. The Morgan fingerprint density at radius 1 is 1.41 bits per heavy atom. The van der Waals surface area contributed by atoms with Gasteiger partial charge in [-0.05, 0) is 24.6 Å². The van der Waals surface area contributed by atoms with Gasteiger partial charge in [-0.1, -0.05) is 24.8 Å². The maximum Gasteiger partial charge on any atom is 0.305 e. The number of carboxylic acid groups (broad SMARTS) is 1. The molecule has 0 radical (unpaired) electrons. The molecule has 4 heteroatoms. The molecule has 0 heterocycles. The van der Waals surface area contributed by atoms with Gasteiger partial charge < -0.3 is 10.0 Å². The van der Waals surface area contributed by atoms with Crippen LogP contribution in [0.4, 0.5) is 5.69 Å². The molecule has 0 spiro atoms. The van der Waals surface area contributed by atoms with Gasteiger partial charge in [-0.3, -0.25) is 9.59 Å². The molecule has 1 amide bonds. The Kier molecular flexibility index (Phi) is 4.46. The minimum Gasteiger partial charge on any atom is -0.481 e. The second-order valence-corrected chi connectivity index (χ2v) is 3.62. The van der Waals surface area contributed by atoms with Crippen LogP contribution in [0.5, 0.6) is 0 Å². The van der Waals surface area contributed by atoms with Gasteiger partial charge in [0.15, 0.2) is 0 Å². The molecule has 1 rings (SSSR count). The quantitative estimate of drug-likeness (QED) is 0.791. The summed E-state index contributed by atoms with van der Waals surface area (Å²) in [5.74, 6) is -1.22. The van der Waals surface area contributed by atoms with Gasteiger partial charge in [0.1, 0.15) is 0 Å². The number of aryl methyl sites for hydroxylation is 1. The highest BCUT2D eigenvalue weighted by atomic mass is 16.4. The third kappa shape index (κ3) is 3.45. The highest BCUT2D eigenvalue weighted by Crippen LogP contribution is 2.19. The summed E-state index contributed by atoms with van der Waals surface area (Å²) < 4.78 is 0. The van der Waals surface area contributed by atoms with Crippen molar-refractivity contribution in [1.82, 2.24) is 0 Å². The molecule has 0 atom stereocenters. The predicted molar refractivity (Wildman–Crippen MR) is 66.0 cm³/mol. The van der Waals surface area contributed by atoms with E-state index in [1.807, 2.05) is 25.1 Å². The number of carbonyl (C=O) groups is 2. The molecule has 4 nitrogen and oxygen atoms in total. The number of aliphatic carboxylic acids is 1. The molecule has 1 aromatic rings. The van der Waals surface area contributed by atoms with E-state index in [0.717, 1.165) is 11.3 Å². The Labute approximate surface area is 100 Å². The number of carboxylic acids is 1. The van der Waals surface area contributed by atoms with E-state index in [1.165, 1.54) is 11.0 Å². The lowest BCUT2D eigenvalue weighted by molar-refractivity contribution is -0.136. The lowest BCUT2D eigenvalue weighted by atomic mass is 10.1. The van der Waals surface area contributed by atoms with Crippen molar-refractivity contribution in [1.29, 1.82) is 0 Å². The molecule has 1 aromatic carbocycles. The summed E-state index contributed by atoms with van der Waals surface area (Å²) in [6.07, 6.45) is 1.10. The van der Waals surface area contributed by atoms with Crippen molar-refractivity contribution in [2.75, 3.05) is 11.4 Å². The lowest BCUT2D eigenvalue weighted by Crippen LogP contribution is -2.32. The second-order valence-electron chi connectivity index (χ2n) is 3.62. The van der Waals surface area contributed by atoms with Crippen LogP contribution in [-0.4, -0.2) is 23.5 Å². The molecule has 0 saturated carbocycles. The number of carbonyl (C=O) groups excluding carboxylic acids is 1. The molecule has 17 heavy (non-hydrogen) atoms. The van der Waals surface area contributed by atoms with Crippen LogP contribution in [0.15, 0.2) is 36.9 Å². The summed E-state index contributed by atoms with van der Waals surface area (Å²) in [5, 5.41) is 8.67. The molecule has 0 aliphatic carbocycles. The van der Waals surface area contributed by atoms with Crippen LogP contribution in [0.1, 0.15) is 12.0 Å². The van der Waals surface area contributed by atoms with Gasteiger partial charge in [0, 0.05) is 12.2 Å². The van der Waals surface area contributed by atoms with Crippen LogP contribution < -0.4 is 4.90 Å². The number of para-hydroxylation sites is 1. The maximum absolute atomic E-state index is 11.7. The zero-order chi connectivity index (χ0) is 12.8. The molecule has 0 aromatic heterocycles. The summed E-state index contributed by atoms with van der Waals surface area (Å²) in [6, 6.07) is 7.34. The smallest absolute Gasteiger partial charge is 0.305 e. The van der Waals surface area contributed by atoms with Gasteiger partial charge in [-0.2, -0.15) is 0 Å². The topological polar surface area (TPSA) is 57.6 Å². The predicted octanol–water partition coefficient (Wildman–Crippen LogP) is 1.99. The average Bonchev–Trinajstić information content (AvgIpc) is 2.30. The summed E-state index contributed by atoms with van der Waals surface area (Å²) in [5.41, 5.74) is 1.65. The molecular formula is C13H15NO3. The Hall–Kier alpha value is -2.10. The van der Waals surface area contributed by atoms with Crippen molar-refractivity contribution >= 4 is 17.6 Å². The monoisotopic (exact) mass is 233 g/mol. The van der Waals surface area contributed by atoms with E-state index in [-0.39, 0.29) is 18.9 Å². The van der Waals surface area contributed by atoms with Gasteiger partial charge in [0.2, 0.25) is 5.91 Å². The van der Waals surface area contributed by atoms with E-state index in [9.17, 15) is 9.59 Å². The van der Waals surface area contributed by atoms with Gasteiger partial charge >= 0.3 is 5.97 Å². The summed E-state index contributed by atoms with van der Waals surface area (Å²) in [4.78, 5) is 23.7. The fourth-order valence-electron chi connectivity index (χ4n) is 1.53. The summed E-state index contributed by atoms with van der Waals surface area (Å²) in [7, 11) is 0. The SMILES string of the molecule is C=CC(=O)N(CCC(=O)O)c1ccccc1C. The van der Waals surface area contributed by atoms with Crippen molar-refractivity contribution in [2.24, 2.45) is 0 Å². The van der Waals surface area contributed by atoms with Crippen LogP contribution in [-0.2, 0) is 9.59 Å². The second kappa shape index (κ2) is 5.84. The van der Waals surface area contributed by atoms with Crippen LogP contribution in [0.2, 0.25) is 0 Å². The number of hydrogen-bond acceptors (Lipinski definition) is 2. The number of rotatable bonds is 5. The molecule has 0 aliphatic heterocycles. The summed E-state index contributed by atoms with van der Waals surface area (Å²) >= 11 is 0. The van der Waals surface area contributed by atoms with Crippen LogP contribution in [0.25, 0.3) is 0 Å². The molecule has 0 fully saturated rings. The van der Waals surface area contributed by atoms with Crippen molar-refractivity contribution in [3.8, 4) is 0 Å². The third-order valence-electron chi connectivity index (χ3n) is 2.40. The number of benzene rings is 1. The van der Waals surface area contributed by atoms with Crippen molar-refractivity contribution in [2.45, 2.75) is 13.3 Å². The Morgan fingerprint density at radius 3 is 2.59 bits per heavy atom. The first-order chi connectivity index (χ1) is 8.06. The zero-order valence-corrected chi connectivity index (χ0v) is 9.72. The minimum absolute atomic E-state index is 0.0894. The maximum atomic E-state index is 11.7. The highest BCUT2D eigenvalue weighted by Gasteiger charge is 2.15. The lowest BCUT2D eigenvalue weighted by Gasteiger charge is -2.22. The first-order valence-electron chi connectivity index (χ1n) is 5.27. The Bertz CT molecular complexity index is 440. The number of hydrogen-bond donors (Lipinski definition) is 1. The van der Waals surface area contributed by atoms with E-state index >= 15 is 0 Å². The van der Waals surface area contributed by atoms with Crippen LogP contribution >= 0.6 is 0 Å². The molecular weight excluding hydrogens is 218 g/mol. The standard InChI is InChI=1S/C13H15NO3/c1-3-12(15)14(9-8-13(16)17)11-7-5-4-6-10(11)2/h3-7H,1,8-9H2,2H3,(H,16,17).